The molecule has 214 valence electrons. The Kier molecular flexibility index (Phi) is 8.64. The van der Waals surface area contributed by atoms with E-state index < -0.39 is 35.5 Å². The lowest BCUT2D eigenvalue weighted by Gasteiger charge is -2.35. The summed E-state index contributed by atoms with van der Waals surface area (Å²) in [7, 11) is 3.87. The number of likely N-dealkylation sites (tertiary alicyclic amines) is 1. The van der Waals surface area contributed by atoms with Gasteiger partial charge in [-0.25, -0.2) is 9.18 Å². The van der Waals surface area contributed by atoms with Crippen LogP contribution in [0.2, 0.25) is 0 Å². The molecule has 40 heavy (non-hydrogen) atoms. The number of nitrogens with one attached hydrogen (secondary N) is 1. The number of aromatic nitrogens is 1. The molecule has 4 atom stereocenters. The summed E-state index contributed by atoms with van der Waals surface area (Å²) in [5.74, 6) is -0.943. The molecule has 4 rings (SSSR count). The molecule has 0 radical (unpaired) electrons. The highest BCUT2D eigenvalue weighted by atomic mass is 19.1. The van der Waals surface area contributed by atoms with E-state index in [4.69, 9.17) is 4.74 Å². The van der Waals surface area contributed by atoms with Crippen molar-refractivity contribution in [2.75, 3.05) is 20.6 Å². The Bertz CT molecular complexity index is 1360. The monoisotopic (exact) mass is 551 g/mol. The van der Waals surface area contributed by atoms with Gasteiger partial charge < -0.3 is 19.5 Å². The Labute approximate surface area is 234 Å². The van der Waals surface area contributed by atoms with Gasteiger partial charge in [-0.3, -0.25) is 14.5 Å². The van der Waals surface area contributed by atoms with Gasteiger partial charge in [-0.2, -0.15) is 5.26 Å². The Morgan fingerprint density at radius 1 is 1.20 bits per heavy atom. The largest absolute Gasteiger partial charge is 0.444 e. The first kappa shape index (κ1) is 29.3. The van der Waals surface area contributed by atoms with Gasteiger partial charge in [0, 0.05) is 37.8 Å². The Morgan fingerprint density at radius 2 is 1.93 bits per heavy atom. The van der Waals surface area contributed by atoms with Gasteiger partial charge in [0.15, 0.2) is 0 Å². The van der Waals surface area contributed by atoms with Gasteiger partial charge in [-0.15, -0.1) is 0 Å². The number of fused-ring (bicyclic) bond motifs is 2. The van der Waals surface area contributed by atoms with Crippen LogP contribution in [0.25, 0.3) is 11.1 Å². The van der Waals surface area contributed by atoms with Crippen LogP contribution in [0.3, 0.4) is 0 Å². The highest BCUT2D eigenvalue weighted by molar-refractivity contribution is 5.87. The first-order chi connectivity index (χ1) is 18.9. The van der Waals surface area contributed by atoms with E-state index in [0.29, 0.717) is 17.7 Å². The number of hydrogen-bond acceptors (Lipinski definition) is 6. The second-order valence-electron chi connectivity index (χ2n) is 12.0. The average Bonchev–Trinajstić information content (AvgIpc) is 3.49. The Balaban J connectivity index is 1.44. The third kappa shape index (κ3) is 6.70. The number of ether oxygens (including phenoxy) is 1. The number of hydrogen-bond donors (Lipinski definition) is 1. The molecular formula is C30H38FN5O4. The molecule has 0 spiro atoms. The second-order valence-corrected chi connectivity index (χ2v) is 12.0. The minimum absolute atomic E-state index is 0.00576. The Hall–Kier alpha value is -3.71. The van der Waals surface area contributed by atoms with Crippen molar-refractivity contribution < 1.29 is 18.7 Å². The highest BCUT2D eigenvalue weighted by Crippen LogP contribution is 2.43. The summed E-state index contributed by atoms with van der Waals surface area (Å²) in [6, 6.07) is 8.17. The van der Waals surface area contributed by atoms with Gasteiger partial charge in [0.05, 0.1) is 6.07 Å². The number of carbonyl (C=O) groups is 2. The molecular weight excluding hydrogens is 513 g/mol. The summed E-state index contributed by atoms with van der Waals surface area (Å²) in [6.45, 7) is 6.61. The minimum Gasteiger partial charge on any atom is -0.444 e. The molecule has 1 aromatic carbocycles. The van der Waals surface area contributed by atoms with Crippen molar-refractivity contribution >= 4 is 12.0 Å². The topological polar surface area (TPSA) is 108 Å². The molecule has 1 saturated heterocycles. The summed E-state index contributed by atoms with van der Waals surface area (Å²) < 4.78 is 22.3. The number of carbonyl (C=O) groups excluding carboxylic acids is 2. The fourth-order valence-corrected chi connectivity index (χ4v) is 5.58. The smallest absolute Gasteiger partial charge is 0.411 e. The normalized spacial score (nSPS) is 20.9. The molecule has 0 unspecified atom stereocenters. The van der Waals surface area contributed by atoms with E-state index in [0.717, 1.165) is 25.8 Å². The standard InChI is InChI=1S/C30H38FN5O4/c1-30(2,3)40-29(39)36-24-9-8-22(15-24)27(36)28(38)33-23(18-32)14-21-7-6-19(16-25(21)31)20-10-11-35(26(37)17-20)13-12-34(4)5/h6-7,10-11,16-17,22-24,27H,8-9,12-15H2,1-5H3,(H,33,38)/t22-,23-,24+,27-/m0/s1. The van der Waals surface area contributed by atoms with Gasteiger partial charge in [0.25, 0.3) is 5.56 Å². The van der Waals surface area contributed by atoms with Crippen molar-refractivity contribution in [1.82, 2.24) is 19.7 Å². The number of likely N-dealkylation sites (N-methyl/N-ethyl adjacent to an activating group) is 1. The molecule has 2 aromatic rings. The van der Waals surface area contributed by atoms with Gasteiger partial charge in [0.2, 0.25) is 5.91 Å². The van der Waals surface area contributed by atoms with E-state index >= 15 is 4.39 Å². The molecule has 2 heterocycles. The van der Waals surface area contributed by atoms with E-state index in [1.165, 1.54) is 17.0 Å². The van der Waals surface area contributed by atoms with Crippen LogP contribution < -0.4 is 10.9 Å². The van der Waals surface area contributed by atoms with Crippen molar-refractivity contribution in [2.24, 2.45) is 5.92 Å². The zero-order chi connectivity index (χ0) is 29.2. The maximum absolute atomic E-state index is 15.1. The van der Waals surface area contributed by atoms with E-state index in [-0.39, 0.29) is 29.5 Å². The van der Waals surface area contributed by atoms with Crippen molar-refractivity contribution in [1.29, 1.82) is 5.26 Å². The summed E-state index contributed by atoms with van der Waals surface area (Å²) >= 11 is 0. The van der Waals surface area contributed by atoms with Crippen LogP contribution in [0.15, 0.2) is 41.3 Å². The molecule has 10 heteroatoms. The molecule has 2 bridgehead atoms. The van der Waals surface area contributed by atoms with E-state index in [1.54, 1.807) is 49.7 Å². The fourth-order valence-electron chi connectivity index (χ4n) is 5.58. The van der Waals surface area contributed by atoms with Crippen LogP contribution in [0, 0.1) is 23.1 Å². The number of benzene rings is 1. The lowest BCUT2D eigenvalue weighted by Crippen LogP contribution is -2.55. The summed E-state index contributed by atoms with van der Waals surface area (Å²) in [6.07, 6.45) is 3.51. The third-order valence-electron chi connectivity index (χ3n) is 7.53. The average molecular weight is 552 g/mol. The number of pyridine rings is 1. The first-order valence-corrected chi connectivity index (χ1v) is 13.7. The van der Waals surface area contributed by atoms with Gasteiger partial charge in [-0.05, 0) is 88.9 Å². The van der Waals surface area contributed by atoms with Crippen LogP contribution in [0.5, 0.6) is 0 Å². The lowest BCUT2D eigenvalue weighted by atomic mass is 9.97. The SMILES string of the molecule is CN(C)CCn1ccc(-c2ccc(C[C@@H](C#N)NC(=O)[C@@H]3[C@H]4CC[C@H](C4)N3C(=O)OC(C)(C)C)c(F)c2)cc1=O. The van der Waals surface area contributed by atoms with Crippen molar-refractivity contribution in [3.05, 3.63) is 58.3 Å². The van der Waals surface area contributed by atoms with Gasteiger partial charge >= 0.3 is 6.09 Å². The zero-order valence-electron chi connectivity index (χ0n) is 23.8. The molecule has 2 fully saturated rings. The van der Waals surface area contributed by atoms with Gasteiger partial charge in [0.1, 0.15) is 23.5 Å². The molecule has 1 N–H and O–H groups in total. The van der Waals surface area contributed by atoms with Crippen LogP contribution in [0.4, 0.5) is 9.18 Å². The van der Waals surface area contributed by atoms with Crippen LogP contribution in [0.1, 0.15) is 45.6 Å². The first-order valence-electron chi connectivity index (χ1n) is 13.7. The molecule has 1 aliphatic heterocycles. The van der Waals surface area contributed by atoms with E-state index in [1.807, 2.05) is 19.0 Å². The van der Waals surface area contributed by atoms with Crippen molar-refractivity contribution in [3.63, 3.8) is 0 Å². The maximum Gasteiger partial charge on any atom is 0.411 e. The Morgan fingerprint density at radius 3 is 2.55 bits per heavy atom. The molecule has 1 saturated carbocycles. The van der Waals surface area contributed by atoms with E-state index in [9.17, 15) is 19.6 Å². The maximum atomic E-state index is 15.1. The number of piperidine rings is 1. The number of nitriles is 1. The summed E-state index contributed by atoms with van der Waals surface area (Å²) in [5, 5.41) is 12.5. The number of amides is 2. The van der Waals surface area contributed by atoms with E-state index in [2.05, 4.69) is 11.4 Å². The molecule has 1 aliphatic carbocycles. The molecule has 2 amide bonds. The van der Waals surface area contributed by atoms with Crippen LogP contribution >= 0.6 is 0 Å². The number of rotatable bonds is 8. The predicted octanol–water partition coefficient (Wildman–Crippen LogP) is 3.55. The van der Waals surface area contributed by atoms with Crippen LogP contribution in [-0.2, 0) is 22.5 Å². The van der Waals surface area contributed by atoms with Crippen molar-refractivity contribution in [3.8, 4) is 17.2 Å². The fraction of sp³-hybridized carbons (Fsp3) is 0.533. The van der Waals surface area contributed by atoms with Gasteiger partial charge in [-0.1, -0.05) is 12.1 Å². The molecule has 2 aliphatic rings. The summed E-state index contributed by atoms with van der Waals surface area (Å²) in [5.41, 5.74) is 0.552. The third-order valence-corrected chi connectivity index (χ3v) is 7.53. The minimum atomic E-state index is -0.979. The quantitative estimate of drug-likeness (QED) is 0.538. The molecule has 1 aromatic heterocycles. The number of nitrogens with zero attached hydrogens (tertiary/aromatic N) is 4. The predicted molar refractivity (Wildman–Crippen MR) is 149 cm³/mol. The highest BCUT2D eigenvalue weighted by Gasteiger charge is 2.52. The zero-order valence-corrected chi connectivity index (χ0v) is 23.8. The second kappa shape index (κ2) is 11.8. The lowest BCUT2D eigenvalue weighted by molar-refractivity contribution is -0.128. The number of halogens is 1. The summed E-state index contributed by atoms with van der Waals surface area (Å²) in [4.78, 5) is 42.2. The van der Waals surface area contributed by atoms with Crippen LogP contribution in [-0.4, -0.2) is 70.7 Å². The van der Waals surface area contributed by atoms with Crippen molar-refractivity contribution in [2.45, 2.75) is 76.7 Å². The molecule has 9 nitrogen and oxygen atoms in total.